The van der Waals surface area contributed by atoms with Crippen LogP contribution in [-0.2, 0) is 9.59 Å². The highest BCUT2D eigenvalue weighted by molar-refractivity contribution is 6.02. The number of carbonyl (C=O) groups excluding carboxylic acids is 1. The molecule has 2 unspecified atom stereocenters. The molecule has 0 aromatic carbocycles. The first kappa shape index (κ1) is 41.8. The maximum atomic E-state index is 13.2. The average Bonchev–Trinajstić information content (AvgIpc) is 2.99. The van der Waals surface area contributed by atoms with E-state index in [1.807, 2.05) is 0 Å². The van der Waals surface area contributed by atoms with Crippen LogP contribution in [0.25, 0.3) is 0 Å². The topological polar surface area (TPSA) is 74.6 Å². The Hall–Kier alpha value is -1.16. The number of aliphatic carboxylic acids is 1. The van der Waals surface area contributed by atoms with E-state index in [1.165, 1.54) is 141 Å². The summed E-state index contributed by atoms with van der Waals surface area (Å²) < 4.78 is 0. The van der Waals surface area contributed by atoms with Crippen molar-refractivity contribution in [3.63, 3.8) is 0 Å². The van der Waals surface area contributed by atoms with Gasteiger partial charge in [-0.15, -0.1) is 6.58 Å². The smallest absolute Gasteiger partial charge is 0.314 e. The molecule has 0 spiro atoms. The number of Topliss-reactive ketones (excluding diaryl/α,β-unsaturated/α-hetero) is 1. The summed E-state index contributed by atoms with van der Waals surface area (Å²) in [5.74, 6) is -2.72. The number of carboxylic acids is 1. The van der Waals surface area contributed by atoms with Crippen molar-refractivity contribution in [3.8, 4) is 0 Å². The fraction of sp³-hybridized carbons (Fsp3) is 0.897. The molecule has 0 radical (unpaired) electrons. The van der Waals surface area contributed by atoms with Gasteiger partial charge in [-0.25, -0.2) is 0 Å². The van der Waals surface area contributed by atoms with Crippen LogP contribution >= 0.6 is 0 Å². The van der Waals surface area contributed by atoms with Crippen molar-refractivity contribution >= 4 is 11.8 Å². The molecule has 0 fully saturated rings. The third-order valence-electron chi connectivity index (χ3n) is 9.35. The van der Waals surface area contributed by atoms with Crippen LogP contribution < -0.4 is 0 Å². The van der Waals surface area contributed by atoms with Gasteiger partial charge in [0.1, 0.15) is 11.5 Å². The average molecular weight is 607 g/mol. The molecular formula is C39H74O4. The Labute approximate surface area is 268 Å². The van der Waals surface area contributed by atoms with Gasteiger partial charge in [0.05, 0.1) is 0 Å². The van der Waals surface area contributed by atoms with Crippen LogP contribution in [0.4, 0.5) is 0 Å². The van der Waals surface area contributed by atoms with E-state index < -0.39 is 23.3 Å². The van der Waals surface area contributed by atoms with Gasteiger partial charge >= 0.3 is 5.97 Å². The number of aliphatic hydroxyl groups is 1. The molecule has 2 atom stereocenters. The Kier molecular flexibility index (Phi) is 30.0. The van der Waals surface area contributed by atoms with Gasteiger partial charge in [-0.2, -0.15) is 0 Å². The molecule has 0 saturated carbocycles. The second-order valence-corrected chi connectivity index (χ2v) is 13.5. The molecule has 0 heterocycles. The number of hydrogen-bond acceptors (Lipinski definition) is 3. The lowest BCUT2D eigenvalue weighted by Gasteiger charge is -2.28. The van der Waals surface area contributed by atoms with Gasteiger partial charge in [-0.3, -0.25) is 9.59 Å². The van der Waals surface area contributed by atoms with E-state index in [9.17, 15) is 19.8 Å². The number of carbonyl (C=O) groups is 2. The summed E-state index contributed by atoms with van der Waals surface area (Å²) in [4.78, 5) is 25.2. The summed E-state index contributed by atoms with van der Waals surface area (Å²) in [6.45, 7) is 8.25. The number of hydrogen-bond donors (Lipinski definition) is 2. The van der Waals surface area contributed by atoms with E-state index in [-0.39, 0.29) is 6.42 Å². The zero-order valence-corrected chi connectivity index (χ0v) is 29.0. The van der Waals surface area contributed by atoms with Crippen LogP contribution in [0.3, 0.4) is 0 Å². The lowest BCUT2D eigenvalue weighted by atomic mass is 9.80. The van der Waals surface area contributed by atoms with E-state index in [1.54, 1.807) is 6.08 Å². The molecule has 0 aliphatic rings. The van der Waals surface area contributed by atoms with E-state index in [0.29, 0.717) is 12.8 Å². The molecule has 0 saturated heterocycles. The first-order valence-electron chi connectivity index (χ1n) is 19.0. The molecule has 4 nitrogen and oxygen atoms in total. The van der Waals surface area contributed by atoms with Crippen LogP contribution in [0.2, 0.25) is 0 Å². The molecule has 0 aromatic rings. The van der Waals surface area contributed by atoms with E-state index in [0.717, 1.165) is 38.5 Å². The third kappa shape index (κ3) is 24.8. The molecule has 254 valence electrons. The SMILES string of the molecule is C=CCC(O)(CCCCCCCCCCCCCCCC)C(=O)C(CCCCCCCCCCCCCCCC)C(=O)O. The minimum atomic E-state index is -1.60. The van der Waals surface area contributed by atoms with Gasteiger partial charge in [-0.05, 0) is 12.8 Å². The number of rotatable bonds is 35. The molecule has 0 aromatic heterocycles. The Morgan fingerprint density at radius 1 is 0.558 bits per heavy atom. The van der Waals surface area contributed by atoms with Crippen molar-refractivity contribution in [1.29, 1.82) is 0 Å². The summed E-state index contributed by atoms with van der Waals surface area (Å²) in [5.41, 5.74) is -1.60. The van der Waals surface area contributed by atoms with Crippen molar-refractivity contribution in [2.45, 2.75) is 218 Å². The lowest BCUT2D eigenvalue weighted by molar-refractivity contribution is -0.155. The molecule has 0 aliphatic heterocycles. The first-order chi connectivity index (χ1) is 20.9. The molecule has 0 amide bonds. The zero-order chi connectivity index (χ0) is 31.9. The fourth-order valence-corrected chi connectivity index (χ4v) is 6.41. The second-order valence-electron chi connectivity index (χ2n) is 13.5. The highest BCUT2D eigenvalue weighted by Crippen LogP contribution is 2.28. The van der Waals surface area contributed by atoms with Crippen LogP contribution in [0.15, 0.2) is 12.7 Å². The van der Waals surface area contributed by atoms with E-state index >= 15 is 0 Å². The van der Waals surface area contributed by atoms with Crippen molar-refractivity contribution in [2.24, 2.45) is 5.92 Å². The van der Waals surface area contributed by atoms with Crippen LogP contribution in [0.1, 0.15) is 213 Å². The van der Waals surface area contributed by atoms with Crippen LogP contribution in [-0.4, -0.2) is 27.6 Å². The van der Waals surface area contributed by atoms with E-state index in [4.69, 9.17) is 0 Å². The Balaban J connectivity index is 4.08. The first-order valence-corrected chi connectivity index (χ1v) is 19.0. The van der Waals surface area contributed by atoms with E-state index in [2.05, 4.69) is 20.4 Å². The quantitative estimate of drug-likeness (QED) is 0.0427. The minimum Gasteiger partial charge on any atom is -0.481 e. The van der Waals surface area contributed by atoms with Crippen molar-refractivity contribution in [1.82, 2.24) is 0 Å². The lowest BCUT2D eigenvalue weighted by Crippen LogP contribution is -2.45. The van der Waals surface area contributed by atoms with Gasteiger partial charge in [0.15, 0.2) is 5.78 Å². The predicted molar refractivity (Wildman–Crippen MR) is 186 cm³/mol. The maximum absolute atomic E-state index is 13.2. The normalized spacial score (nSPS) is 13.6. The van der Waals surface area contributed by atoms with Gasteiger partial charge in [0.2, 0.25) is 0 Å². The molecule has 0 aliphatic carbocycles. The van der Waals surface area contributed by atoms with Gasteiger partial charge < -0.3 is 10.2 Å². The molecule has 4 heteroatoms. The minimum absolute atomic E-state index is 0.132. The molecule has 2 N–H and O–H groups in total. The van der Waals surface area contributed by atoms with Crippen molar-refractivity contribution in [3.05, 3.63) is 12.7 Å². The Bertz CT molecular complexity index is 645. The molecule has 43 heavy (non-hydrogen) atoms. The predicted octanol–water partition coefficient (Wildman–Crippen LogP) is 12.3. The standard InChI is InChI=1S/C39H74O4/c1-4-7-9-11-13-15-17-19-21-23-25-27-29-31-33-36(38(41)42)37(40)39(43,34-6-3)35-32-30-28-26-24-22-20-18-16-14-12-10-8-5-2/h6,36,43H,3-5,7-35H2,1-2H3,(H,41,42). The molecule has 0 rings (SSSR count). The number of unbranched alkanes of at least 4 members (excludes halogenated alkanes) is 26. The molecular weight excluding hydrogens is 532 g/mol. The summed E-state index contributed by atoms with van der Waals surface area (Å²) in [6, 6.07) is 0. The highest BCUT2D eigenvalue weighted by atomic mass is 16.4. The highest BCUT2D eigenvalue weighted by Gasteiger charge is 2.41. The van der Waals surface area contributed by atoms with Crippen molar-refractivity contribution in [2.75, 3.05) is 0 Å². The summed E-state index contributed by atoms with van der Waals surface area (Å²) >= 11 is 0. The summed E-state index contributed by atoms with van der Waals surface area (Å²) in [6.07, 6.45) is 37.2. The zero-order valence-electron chi connectivity index (χ0n) is 29.0. The number of ketones is 1. The Morgan fingerprint density at radius 3 is 1.16 bits per heavy atom. The van der Waals surface area contributed by atoms with Crippen LogP contribution in [0, 0.1) is 5.92 Å². The fourth-order valence-electron chi connectivity index (χ4n) is 6.41. The summed E-state index contributed by atoms with van der Waals surface area (Å²) in [7, 11) is 0. The molecule has 0 bridgehead atoms. The maximum Gasteiger partial charge on any atom is 0.314 e. The largest absolute Gasteiger partial charge is 0.481 e. The Morgan fingerprint density at radius 2 is 0.860 bits per heavy atom. The third-order valence-corrected chi connectivity index (χ3v) is 9.35. The van der Waals surface area contributed by atoms with Gasteiger partial charge in [-0.1, -0.05) is 200 Å². The monoisotopic (exact) mass is 607 g/mol. The number of carboxylic acid groups (broad SMARTS) is 1. The van der Waals surface area contributed by atoms with Crippen LogP contribution in [0.5, 0.6) is 0 Å². The summed E-state index contributed by atoms with van der Waals surface area (Å²) in [5, 5.41) is 21.0. The van der Waals surface area contributed by atoms with Crippen molar-refractivity contribution < 1.29 is 19.8 Å². The van der Waals surface area contributed by atoms with Gasteiger partial charge in [0.25, 0.3) is 0 Å². The van der Waals surface area contributed by atoms with Gasteiger partial charge in [0, 0.05) is 6.42 Å². The second kappa shape index (κ2) is 30.8.